The lowest BCUT2D eigenvalue weighted by Crippen LogP contribution is -2.19. The first-order chi connectivity index (χ1) is 7.27. The van der Waals surface area contributed by atoms with Crippen LogP contribution in [-0.4, -0.2) is 13.6 Å². The van der Waals surface area contributed by atoms with Gasteiger partial charge < -0.3 is 4.90 Å². The monoisotopic (exact) mass is 219 g/mol. The molecule has 1 rings (SSSR count). The Bertz CT molecular complexity index is 349. The van der Waals surface area contributed by atoms with Gasteiger partial charge in [-0.25, -0.2) is 0 Å². The first kappa shape index (κ1) is 13.1. The minimum absolute atomic E-state index is 0.235. The molecular formula is C15H25N. The van der Waals surface area contributed by atoms with E-state index in [0.717, 1.165) is 6.54 Å². The highest BCUT2D eigenvalue weighted by Gasteiger charge is 2.17. The molecule has 1 aromatic rings. The number of rotatable bonds is 2. The highest BCUT2D eigenvalue weighted by molar-refractivity contribution is 5.60. The van der Waals surface area contributed by atoms with Gasteiger partial charge in [0.25, 0.3) is 0 Å². The number of anilines is 1. The van der Waals surface area contributed by atoms with Crippen molar-refractivity contribution in [3.05, 3.63) is 28.8 Å². The molecule has 0 aliphatic carbocycles. The Morgan fingerprint density at radius 1 is 1.06 bits per heavy atom. The third-order valence-corrected chi connectivity index (χ3v) is 3.21. The summed E-state index contributed by atoms with van der Waals surface area (Å²) in [5.41, 5.74) is 5.81. The predicted molar refractivity (Wildman–Crippen MR) is 73.6 cm³/mol. The van der Waals surface area contributed by atoms with Gasteiger partial charge in [-0.3, -0.25) is 0 Å². The van der Waals surface area contributed by atoms with Crippen LogP contribution in [0.3, 0.4) is 0 Å². The predicted octanol–water partition coefficient (Wildman–Crippen LogP) is 4.06. The van der Waals surface area contributed by atoms with E-state index in [1.165, 1.54) is 22.4 Å². The van der Waals surface area contributed by atoms with E-state index in [2.05, 4.69) is 65.6 Å². The summed E-state index contributed by atoms with van der Waals surface area (Å²) in [6, 6.07) is 4.66. The van der Waals surface area contributed by atoms with Crippen LogP contribution in [0.2, 0.25) is 0 Å². The van der Waals surface area contributed by atoms with E-state index in [-0.39, 0.29) is 5.41 Å². The summed E-state index contributed by atoms with van der Waals surface area (Å²) in [4.78, 5) is 2.32. The maximum absolute atomic E-state index is 2.33. The fraction of sp³-hybridized carbons (Fsp3) is 0.600. The van der Waals surface area contributed by atoms with Crippen molar-refractivity contribution in [3.8, 4) is 0 Å². The van der Waals surface area contributed by atoms with Crippen LogP contribution in [-0.2, 0) is 5.41 Å². The molecule has 0 spiro atoms. The molecular weight excluding hydrogens is 194 g/mol. The van der Waals surface area contributed by atoms with Crippen molar-refractivity contribution in [3.63, 3.8) is 0 Å². The largest absolute Gasteiger partial charge is 0.374 e. The summed E-state index contributed by atoms with van der Waals surface area (Å²) in [6.07, 6.45) is 0. The quantitative estimate of drug-likeness (QED) is 0.725. The second-order valence-electron chi connectivity index (χ2n) is 5.72. The van der Waals surface area contributed by atoms with Crippen LogP contribution in [0.5, 0.6) is 0 Å². The van der Waals surface area contributed by atoms with E-state index in [9.17, 15) is 0 Å². The number of hydrogen-bond acceptors (Lipinski definition) is 1. The van der Waals surface area contributed by atoms with Crippen molar-refractivity contribution < 1.29 is 0 Å². The van der Waals surface area contributed by atoms with Gasteiger partial charge >= 0.3 is 0 Å². The molecule has 1 heteroatoms. The number of aryl methyl sites for hydroxylation is 2. The molecule has 0 saturated carbocycles. The summed E-state index contributed by atoms with van der Waals surface area (Å²) >= 11 is 0. The molecule has 0 fully saturated rings. The first-order valence-corrected chi connectivity index (χ1v) is 6.10. The Kier molecular flexibility index (Phi) is 3.67. The van der Waals surface area contributed by atoms with Crippen molar-refractivity contribution in [1.82, 2.24) is 0 Å². The molecule has 0 unspecified atom stereocenters. The molecule has 0 atom stereocenters. The number of hydrogen-bond donors (Lipinski definition) is 0. The fourth-order valence-corrected chi connectivity index (χ4v) is 2.15. The Morgan fingerprint density at radius 3 is 1.81 bits per heavy atom. The van der Waals surface area contributed by atoms with Gasteiger partial charge in [-0.1, -0.05) is 32.9 Å². The zero-order chi connectivity index (χ0) is 12.5. The van der Waals surface area contributed by atoms with Crippen LogP contribution in [0.15, 0.2) is 12.1 Å². The summed E-state index contributed by atoms with van der Waals surface area (Å²) in [6.45, 7) is 14.5. The van der Waals surface area contributed by atoms with Crippen molar-refractivity contribution in [2.45, 2.75) is 47.0 Å². The minimum atomic E-state index is 0.235. The van der Waals surface area contributed by atoms with Crippen LogP contribution in [0.4, 0.5) is 5.69 Å². The van der Waals surface area contributed by atoms with Gasteiger partial charge in [0, 0.05) is 19.3 Å². The van der Waals surface area contributed by atoms with Gasteiger partial charge in [0.1, 0.15) is 0 Å². The standard InChI is InChI=1S/C15H25N/c1-8-16(7)14-11(2)9-13(10-12(14)3)15(4,5)6/h9-10H,8H2,1-7H3. The maximum atomic E-state index is 2.33. The number of benzene rings is 1. The average Bonchev–Trinajstić information content (AvgIpc) is 2.14. The van der Waals surface area contributed by atoms with Gasteiger partial charge in [0.2, 0.25) is 0 Å². The molecule has 0 N–H and O–H groups in total. The third kappa shape index (κ3) is 2.58. The van der Waals surface area contributed by atoms with Crippen molar-refractivity contribution in [1.29, 1.82) is 0 Å². The molecule has 0 aliphatic rings. The molecule has 0 saturated heterocycles. The molecule has 16 heavy (non-hydrogen) atoms. The maximum Gasteiger partial charge on any atom is 0.0423 e. The normalized spacial score (nSPS) is 11.7. The molecule has 90 valence electrons. The van der Waals surface area contributed by atoms with Crippen LogP contribution in [0.1, 0.15) is 44.4 Å². The molecule has 1 nitrogen and oxygen atoms in total. The van der Waals surface area contributed by atoms with Gasteiger partial charge in [-0.05, 0) is 42.9 Å². The Balaban J connectivity index is 3.28. The molecule has 0 heterocycles. The van der Waals surface area contributed by atoms with Crippen molar-refractivity contribution in [2.75, 3.05) is 18.5 Å². The van der Waals surface area contributed by atoms with Crippen LogP contribution < -0.4 is 4.90 Å². The van der Waals surface area contributed by atoms with E-state index in [4.69, 9.17) is 0 Å². The van der Waals surface area contributed by atoms with Gasteiger partial charge in [0.15, 0.2) is 0 Å². The Morgan fingerprint density at radius 2 is 1.50 bits per heavy atom. The highest BCUT2D eigenvalue weighted by atomic mass is 15.1. The minimum Gasteiger partial charge on any atom is -0.374 e. The average molecular weight is 219 g/mol. The Hall–Kier alpha value is -0.980. The summed E-state index contributed by atoms with van der Waals surface area (Å²) < 4.78 is 0. The van der Waals surface area contributed by atoms with Crippen molar-refractivity contribution in [2.24, 2.45) is 0 Å². The zero-order valence-electron chi connectivity index (χ0n) is 11.8. The summed E-state index contributed by atoms with van der Waals surface area (Å²) in [5.74, 6) is 0. The summed E-state index contributed by atoms with van der Waals surface area (Å²) in [7, 11) is 2.16. The van der Waals surface area contributed by atoms with Gasteiger partial charge in [-0.15, -0.1) is 0 Å². The van der Waals surface area contributed by atoms with Crippen LogP contribution >= 0.6 is 0 Å². The van der Waals surface area contributed by atoms with Gasteiger partial charge in [-0.2, -0.15) is 0 Å². The second kappa shape index (κ2) is 4.48. The molecule has 0 radical (unpaired) electrons. The molecule has 0 amide bonds. The van der Waals surface area contributed by atoms with Crippen LogP contribution in [0.25, 0.3) is 0 Å². The lowest BCUT2D eigenvalue weighted by Gasteiger charge is -2.26. The SMILES string of the molecule is CCN(C)c1c(C)cc(C(C)(C)C)cc1C. The van der Waals surface area contributed by atoms with E-state index >= 15 is 0 Å². The molecule has 0 aromatic heterocycles. The topological polar surface area (TPSA) is 3.24 Å². The zero-order valence-corrected chi connectivity index (χ0v) is 11.8. The Labute approximate surface area is 100 Å². The first-order valence-electron chi connectivity index (χ1n) is 6.10. The summed E-state index contributed by atoms with van der Waals surface area (Å²) in [5, 5.41) is 0. The highest BCUT2D eigenvalue weighted by Crippen LogP contribution is 2.31. The van der Waals surface area contributed by atoms with Crippen LogP contribution in [0, 0.1) is 13.8 Å². The molecule has 0 bridgehead atoms. The lowest BCUT2D eigenvalue weighted by atomic mass is 9.84. The molecule has 0 aliphatic heterocycles. The van der Waals surface area contributed by atoms with E-state index in [1.807, 2.05) is 0 Å². The van der Waals surface area contributed by atoms with Crippen molar-refractivity contribution >= 4 is 5.69 Å². The third-order valence-electron chi connectivity index (χ3n) is 3.21. The van der Waals surface area contributed by atoms with E-state index < -0.39 is 0 Å². The fourth-order valence-electron chi connectivity index (χ4n) is 2.15. The second-order valence-corrected chi connectivity index (χ2v) is 5.72. The molecule has 1 aromatic carbocycles. The smallest absolute Gasteiger partial charge is 0.0423 e. The van der Waals surface area contributed by atoms with Gasteiger partial charge in [0.05, 0.1) is 0 Å². The van der Waals surface area contributed by atoms with E-state index in [1.54, 1.807) is 0 Å². The lowest BCUT2D eigenvalue weighted by molar-refractivity contribution is 0.589. The van der Waals surface area contributed by atoms with E-state index in [0.29, 0.717) is 0 Å². The number of nitrogens with zero attached hydrogens (tertiary/aromatic N) is 1.